The normalized spacial score (nSPS) is 11.9. The molecule has 2 heterocycles. The van der Waals surface area contributed by atoms with Crippen molar-refractivity contribution < 1.29 is 0 Å². The molecule has 0 aliphatic heterocycles. The number of aromatic nitrogens is 2. The van der Waals surface area contributed by atoms with Gasteiger partial charge in [-0.25, -0.2) is 0 Å². The van der Waals surface area contributed by atoms with Crippen molar-refractivity contribution in [2.24, 2.45) is 0 Å². The Bertz CT molecular complexity index is 2790. The Kier molecular flexibility index (Phi) is 5.31. The highest BCUT2D eigenvalue weighted by atomic mass is 15.0. The van der Waals surface area contributed by atoms with Crippen molar-refractivity contribution in [1.29, 1.82) is 0 Å². The second kappa shape index (κ2) is 9.69. The summed E-state index contributed by atoms with van der Waals surface area (Å²) in [5.74, 6) is 0. The first kappa shape index (κ1) is 25.2. The van der Waals surface area contributed by atoms with Crippen LogP contribution in [0.1, 0.15) is 0 Å². The summed E-state index contributed by atoms with van der Waals surface area (Å²) < 4.78 is 4.91. The van der Waals surface area contributed by atoms with Gasteiger partial charge in [-0.3, -0.25) is 0 Å². The number of hydrogen-bond acceptors (Lipinski definition) is 0. The average molecular weight is 585 g/mol. The van der Waals surface area contributed by atoms with Crippen LogP contribution >= 0.6 is 0 Å². The van der Waals surface area contributed by atoms with Gasteiger partial charge in [-0.1, -0.05) is 127 Å². The fourth-order valence-electron chi connectivity index (χ4n) is 7.64. The molecule has 0 radical (unpaired) electrons. The fourth-order valence-corrected chi connectivity index (χ4v) is 7.64. The highest BCUT2D eigenvalue weighted by Crippen LogP contribution is 2.41. The summed E-state index contributed by atoms with van der Waals surface area (Å²) >= 11 is 0. The smallest absolute Gasteiger partial charge is 0.0549 e. The van der Waals surface area contributed by atoms with Gasteiger partial charge in [0.1, 0.15) is 0 Å². The summed E-state index contributed by atoms with van der Waals surface area (Å²) in [4.78, 5) is 0. The van der Waals surface area contributed by atoms with Gasteiger partial charge in [0.15, 0.2) is 0 Å². The lowest BCUT2D eigenvalue weighted by Crippen LogP contribution is -1.96. The standard InChI is InChI=1S/C44H28N2/c1-2-12-29(13-3-1)33-20-10-15-31-24-25-32(26-37(31)33)45-41-21-8-6-18-35(41)38-28-44-39(27-43(38)45)36-19-7-9-22-42(36)46(44)40-23-11-16-30-14-4-5-17-34(30)40/h1-28H. The van der Waals surface area contributed by atoms with Gasteiger partial charge in [0.2, 0.25) is 0 Å². The minimum absolute atomic E-state index is 1.17. The lowest BCUT2D eigenvalue weighted by Gasteiger charge is -2.13. The second-order valence-corrected chi connectivity index (χ2v) is 12.2. The largest absolute Gasteiger partial charge is 0.309 e. The van der Waals surface area contributed by atoms with E-state index in [1.54, 1.807) is 0 Å². The molecule has 0 aliphatic rings. The van der Waals surface area contributed by atoms with Crippen molar-refractivity contribution in [2.75, 3.05) is 0 Å². The molecule has 0 fully saturated rings. The van der Waals surface area contributed by atoms with Gasteiger partial charge < -0.3 is 9.13 Å². The molecule has 46 heavy (non-hydrogen) atoms. The van der Waals surface area contributed by atoms with Crippen molar-refractivity contribution in [1.82, 2.24) is 9.13 Å². The first-order chi connectivity index (χ1) is 22.8. The molecule has 0 spiro atoms. The molecule has 0 saturated heterocycles. The number of para-hydroxylation sites is 2. The monoisotopic (exact) mass is 584 g/mol. The van der Waals surface area contributed by atoms with E-state index in [9.17, 15) is 0 Å². The Morgan fingerprint density at radius 3 is 1.63 bits per heavy atom. The number of nitrogens with zero attached hydrogens (tertiary/aromatic N) is 2. The van der Waals surface area contributed by atoms with E-state index in [1.165, 1.54) is 87.7 Å². The third-order valence-electron chi connectivity index (χ3n) is 9.68. The maximum Gasteiger partial charge on any atom is 0.0549 e. The highest BCUT2D eigenvalue weighted by Gasteiger charge is 2.19. The van der Waals surface area contributed by atoms with Gasteiger partial charge >= 0.3 is 0 Å². The van der Waals surface area contributed by atoms with Gasteiger partial charge in [-0.05, 0) is 69.8 Å². The molecule has 2 nitrogen and oxygen atoms in total. The molecule has 0 atom stereocenters. The quantitative estimate of drug-likeness (QED) is 0.195. The average Bonchev–Trinajstić information content (AvgIpc) is 3.62. The van der Waals surface area contributed by atoms with E-state index in [-0.39, 0.29) is 0 Å². The predicted octanol–water partition coefficient (Wildman–Crippen LogP) is 11.9. The lowest BCUT2D eigenvalue weighted by molar-refractivity contribution is 1.18. The van der Waals surface area contributed by atoms with Crippen LogP contribution < -0.4 is 0 Å². The van der Waals surface area contributed by atoms with Crippen molar-refractivity contribution in [3.63, 3.8) is 0 Å². The zero-order chi connectivity index (χ0) is 30.2. The highest BCUT2D eigenvalue weighted by molar-refractivity contribution is 6.19. The minimum atomic E-state index is 1.17. The third kappa shape index (κ3) is 3.59. The van der Waals surface area contributed by atoms with Crippen molar-refractivity contribution >= 4 is 65.2 Å². The summed E-state index contributed by atoms with van der Waals surface area (Å²) in [7, 11) is 0. The molecule has 0 saturated carbocycles. The van der Waals surface area contributed by atoms with Crippen LogP contribution in [0.15, 0.2) is 170 Å². The van der Waals surface area contributed by atoms with Crippen LogP contribution in [-0.2, 0) is 0 Å². The van der Waals surface area contributed by atoms with Gasteiger partial charge in [0, 0.05) is 32.6 Å². The van der Waals surface area contributed by atoms with Crippen LogP contribution in [0, 0.1) is 0 Å². The first-order valence-electron chi connectivity index (χ1n) is 15.9. The van der Waals surface area contributed by atoms with E-state index >= 15 is 0 Å². The summed E-state index contributed by atoms with van der Waals surface area (Å²) in [5, 5.41) is 10.0. The third-order valence-corrected chi connectivity index (χ3v) is 9.68. The van der Waals surface area contributed by atoms with Crippen LogP contribution in [0.4, 0.5) is 0 Å². The Balaban J connectivity index is 1.31. The van der Waals surface area contributed by atoms with Gasteiger partial charge in [-0.2, -0.15) is 0 Å². The molecule has 10 rings (SSSR count). The molecule has 8 aromatic carbocycles. The van der Waals surface area contributed by atoms with E-state index < -0.39 is 0 Å². The van der Waals surface area contributed by atoms with E-state index in [0.29, 0.717) is 0 Å². The van der Waals surface area contributed by atoms with Crippen molar-refractivity contribution in [2.45, 2.75) is 0 Å². The first-order valence-corrected chi connectivity index (χ1v) is 15.9. The minimum Gasteiger partial charge on any atom is -0.309 e. The molecule has 0 unspecified atom stereocenters. The van der Waals surface area contributed by atoms with Crippen LogP contribution in [0.5, 0.6) is 0 Å². The molecule has 0 aliphatic carbocycles. The zero-order valence-electron chi connectivity index (χ0n) is 25.1. The molecular weight excluding hydrogens is 556 g/mol. The Morgan fingerprint density at radius 2 is 0.870 bits per heavy atom. The lowest BCUT2D eigenvalue weighted by atomic mass is 9.98. The van der Waals surface area contributed by atoms with Crippen molar-refractivity contribution in [3.05, 3.63) is 170 Å². The number of rotatable bonds is 3. The summed E-state index contributed by atoms with van der Waals surface area (Å²) in [6, 6.07) is 62.0. The fraction of sp³-hybridized carbons (Fsp3) is 0. The van der Waals surface area contributed by atoms with E-state index in [2.05, 4.69) is 179 Å². The van der Waals surface area contributed by atoms with Crippen LogP contribution in [0.25, 0.3) is 87.7 Å². The van der Waals surface area contributed by atoms with Gasteiger partial charge in [0.05, 0.1) is 27.8 Å². The molecular formula is C44H28N2. The number of benzene rings is 8. The number of hydrogen-bond donors (Lipinski definition) is 0. The molecule has 2 aromatic heterocycles. The van der Waals surface area contributed by atoms with Crippen molar-refractivity contribution in [3.8, 4) is 22.5 Å². The molecule has 0 bridgehead atoms. The predicted molar refractivity (Wildman–Crippen MR) is 196 cm³/mol. The van der Waals surface area contributed by atoms with Crippen LogP contribution in [-0.4, -0.2) is 9.13 Å². The Hall–Kier alpha value is -6.12. The SMILES string of the molecule is c1ccc(-c2cccc3ccc(-n4c5ccccc5c5cc6c(cc54)c4ccccc4n6-c4cccc5ccccc45)cc23)cc1. The zero-order valence-corrected chi connectivity index (χ0v) is 25.1. The van der Waals surface area contributed by atoms with E-state index in [1.807, 2.05) is 0 Å². The van der Waals surface area contributed by atoms with Crippen LogP contribution in [0.2, 0.25) is 0 Å². The molecule has 2 heteroatoms. The molecule has 10 aromatic rings. The Morgan fingerprint density at radius 1 is 0.304 bits per heavy atom. The maximum atomic E-state index is 2.46. The van der Waals surface area contributed by atoms with Gasteiger partial charge in [0.25, 0.3) is 0 Å². The molecule has 0 N–H and O–H groups in total. The molecule has 0 amide bonds. The van der Waals surface area contributed by atoms with E-state index in [0.717, 1.165) is 0 Å². The molecule has 214 valence electrons. The Labute approximate surface area is 266 Å². The maximum absolute atomic E-state index is 2.46. The summed E-state index contributed by atoms with van der Waals surface area (Å²) in [6.07, 6.45) is 0. The summed E-state index contributed by atoms with van der Waals surface area (Å²) in [6.45, 7) is 0. The number of fused-ring (bicyclic) bond motifs is 8. The van der Waals surface area contributed by atoms with E-state index in [4.69, 9.17) is 0 Å². The van der Waals surface area contributed by atoms with Crippen LogP contribution in [0.3, 0.4) is 0 Å². The topological polar surface area (TPSA) is 9.86 Å². The summed E-state index contributed by atoms with van der Waals surface area (Å²) in [5.41, 5.74) is 9.72. The van der Waals surface area contributed by atoms with Gasteiger partial charge in [-0.15, -0.1) is 0 Å². The second-order valence-electron chi connectivity index (χ2n) is 12.2.